The number of hydrogen-bond donors (Lipinski definition) is 1. The predicted octanol–water partition coefficient (Wildman–Crippen LogP) is 4.63. The second kappa shape index (κ2) is 13.0. The van der Waals surface area contributed by atoms with Gasteiger partial charge in [-0.15, -0.1) is 0 Å². The molecular weight excluding hydrogens is 542 g/mol. The van der Waals surface area contributed by atoms with Crippen LogP contribution in [-0.2, 0) is 21.4 Å². The highest BCUT2D eigenvalue weighted by Crippen LogP contribution is 2.39. The molecule has 3 aromatic rings. The zero-order valence-corrected chi connectivity index (χ0v) is 24.3. The lowest BCUT2D eigenvalue weighted by molar-refractivity contribution is -0.121. The first kappa shape index (κ1) is 29.9. The van der Waals surface area contributed by atoms with Crippen molar-refractivity contribution in [1.82, 2.24) is 9.73 Å². The van der Waals surface area contributed by atoms with Gasteiger partial charge in [-0.3, -0.25) is 4.79 Å². The molecule has 0 fully saturated rings. The van der Waals surface area contributed by atoms with Crippen LogP contribution in [0.15, 0.2) is 58.5 Å². The summed E-state index contributed by atoms with van der Waals surface area (Å²) in [5.74, 6) is 0.595. The number of methoxy groups -OCH3 is 3. The molecule has 0 atom stereocenters. The van der Waals surface area contributed by atoms with Gasteiger partial charge in [0.2, 0.25) is 15.8 Å². The fourth-order valence-electron chi connectivity index (χ4n) is 4.32. The lowest BCUT2D eigenvalue weighted by atomic mass is 10.1. The molecule has 1 amide bonds. The molecule has 3 rings (SSSR count). The van der Waals surface area contributed by atoms with Crippen molar-refractivity contribution >= 4 is 33.7 Å². The minimum atomic E-state index is -4.05. The van der Waals surface area contributed by atoms with Gasteiger partial charge in [-0.1, -0.05) is 41.4 Å². The molecule has 0 saturated heterocycles. The zero-order chi connectivity index (χ0) is 28.7. The van der Waals surface area contributed by atoms with E-state index in [0.717, 1.165) is 9.87 Å². The van der Waals surface area contributed by atoms with Gasteiger partial charge in [-0.05, 0) is 61.7 Å². The summed E-state index contributed by atoms with van der Waals surface area (Å²) in [6, 6.07) is 13.8. The van der Waals surface area contributed by atoms with Crippen molar-refractivity contribution in [2.24, 2.45) is 5.10 Å². The van der Waals surface area contributed by atoms with Crippen molar-refractivity contribution < 1.29 is 27.4 Å². The van der Waals surface area contributed by atoms with Crippen LogP contribution in [0.25, 0.3) is 0 Å². The zero-order valence-electron chi connectivity index (χ0n) is 22.7. The van der Waals surface area contributed by atoms with Crippen molar-refractivity contribution in [3.05, 3.63) is 81.4 Å². The number of nitrogens with zero attached hydrogens (tertiary/aromatic N) is 2. The van der Waals surface area contributed by atoms with Gasteiger partial charge in [0.05, 0.1) is 39.0 Å². The molecule has 0 saturated carbocycles. The van der Waals surface area contributed by atoms with E-state index in [0.29, 0.717) is 44.5 Å². The van der Waals surface area contributed by atoms with Gasteiger partial charge in [-0.2, -0.15) is 9.41 Å². The minimum absolute atomic E-state index is 0.0348. The number of carbonyl (C=O) groups is 1. The molecule has 0 aliphatic carbocycles. The number of hydrazone groups is 1. The molecule has 0 spiro atoms. The summed E-state index contributed by atoms with van der Waals surface area (Å²) in [6.07, 6.45) is 1.38. The van der Waals surface area contributed by atoms with Crippen LogP contribution in [0.4, 0.5) is 0 Å². The number of carbonyl (C=O) groups excluding carboxylic acids is 1. The number of sulfonamides is 1. The molecule has 0 unspecified atom stereocenters. The van der Waals surface area contributed by atoms with Crippen molar-refractivity contribution in [2.45, 2.75) is 32.2 Å². The third-order valence-corrected chi connectivity index (χ3v) is 8.27. The van der Waals surface area contributed by atoms with Crippen molar-refractivity contribution in [3.8, 4) is 17.2 Å². The Bertz CT molecular complexity index is 1450. The van der Waals surface area contributed by atoms with Crippen LogP contribution < -0.4 is 19.6 Å². The van der Waals surface area contributed by atoms with E-state index in [1.54, 1.807) is 62.4 Å². The molecule has 0 bridgehead atoms. The maximum absolute atomic E-state index is 13.8. The molecule has 0 heterocycles. The summed E-state index contributed by atoms with van der Waals surface area (Å²) in [5.41, 5.74) is 5.77. The average molecular weight is 574 g/mol. The SMILES string of the molecule is COc1ccc(/C=N/NC(=O)CN(Cc2ccc(Cl)cc2)S(=O)(=O)c2c(C)cc(C)cc2C)c(OC)c1OC. The summed E-state index contributed by atoms with van der Waals surface area (Å²) in [4.78, 5) is 13.1. The number of benzene rings is 3. The lowest BCUT2D eigenvalue weighted by Gasteiger charge is -2.24. The maximum atomic E-state index is 13.8. The number of halogens is 1. The molecular formula is C28H32ClN3O6S. The second-order valence-corrected chi connectivity index (χ2v) is 11.2. The van der Waals surface area contributed by atoms with Crippen LogP contribution in [0, 0.1) is 20.8 Å². The van der Waals surface area contributed by atoms with Gasteiger partial charge in [0, 0.05) is 17.1 Å². The number of hydrogen-bond acceptors (Lipinski definition) is 7. The molecule has 0 aromatic heterocycles. The molecule has 3 aromatic carbocycles. The van der Waals surface area contributed by atoms with E-state index >= 15 is 0 Å². The first-order valence-corrected chi connectivity index (χ1v) is 13.8. The first-order valence-electron chi connectivity index (χ1n) is 11.9. The summed E-state index contributed by atoms with van der Waals surface area (Å²) >= 11 is 6.00. The summed E-state index contributed by atoms with van der Waals surface area (Å²) < 4.78 is 44.9. The van der Waals surface area contributed by atoms with E-state index in [9.17, 15) is 13.2 Å². The Labute approximate surface area is 234 Å². The summed E-state index contributed by atoms with van der Waals surface area (Å²) in [7, 11) is 0.415. The van der Waals surface area contributed by atoms with Gasteiger partial charge in [0.15, 0.2) is 11.5 Å². The molecule has 0 aliphatic heterocycles. The number of aryl methyl sites for hydroxylation is 3. The number of amides is 1. The third-order valence-electron chi connectivity index (χ3n) is 5.92. The third kappa shape index (κ3) is 7.08. The van der Waals surface area contributed by atoms with Crippen LogP contribution in [0.2, 0.25) is 5.02 Å². The van der Waals surface area contributed by atoms with Crippen LogP contribution in [0.5, 0.6) is 17.2 Å². The van der Waals surface area contributed by atoms with E-state index < -0.39 is 22.5 Å². The Morgan fingerprint density at radius 1 is 0.949 bits per heavy atom. The minimum Gasteiger partial charge on any atom is -0.493 e. The van der Waals surface area contributed by atoms with Gasteiger partial charge in [-0.25, -0.2) is 13.8 Å². The Morgan fingerprint density at radius 3 is 2.13 bits per heavy atom. The van der Waals surface area contributed by atoms with Crippen LogP contribution >= 0.6 is 11.6 Å². The highest BCUT2D eigenvalue weighted by Gasteiger charge is 2.30. The van der Waals surface area contributed by atoms with Gasteiger partial charge in [0.1, 0.15) is 0 Å². The molecule has 1 N–H and O–H groups in total. The first-order chi connectivity index (χ1) is 18.5. The van der Waals surface area contributed by atoms with Crippen LogP contribution in [0.3, 0.4) is 0 Å². The van der Waals surface area contributed by atoms with E-state index in [-0.39, 0.29) is 11.4 Å². The van der Waals surface area contributed by atoms with Gasteiger partial charge < -0.3 is 14.2 Å². The lowest BCUT2D eigenvalue weighted by Crippen LogP contribution is -2.39. The van der Waals surface area contributed by atoms with E-state index in [1.165, 1.54) is 27.5 Å². The standard InChI is InChI=1S/C28H32ClN3O6S/c1-18-13-19(2)28(20(3)14-18)39(34,35)32(16-21-7-10-23(29)11-8-21)17-25(33)31-30-15-22-9-12-24(36-4)27(38-6)26(22)37-5/h7-15H,16-17H2,1-6H3,(H,31,33)/b30-15+. The van der Waals surface area contributed by atoms with Gasteiger partial charge in [0.25, 0.3) is 5.91 Å². The topological polar surface area (TPSA) is 107 Å². The Morgan fingerprint density at radius 2 is 1.56 bits per heavy atom. The average Bonchev–Trinajstić information content (AvgIpc) is 2.88. The summed E-state index contributed by atoms with van der Waals surface area (Å²) in [5, 5.41) is 4.54. The predicted molar refractivity (Wildman–Crippen MR) is 152 cm³/mol. The largest absolute Gasteiger partial charge is 0.493 e. The van der Waals surface area contributed by atoms with Crippen molar-refractivity contribution in [1.29, 1.82) is 0 Å². The Balaban J connectivity index is 1.89. The van der Waals surface area contributed by atoms with Crippen molar-refractivity contribution in [2.75, 3.05) is 27.9 Å². The molecule has 0 radical (unpaired) electrons. The number of rotatable bonds is 11. The Kier molecular flexibility index (Phi) is 9.96. The summed E-state index contributed by atoms with van der Waals surface area (Å²) in [6.45, 7) is 4.90. The van der Waals surface area contributed by atoms with E-state index in [1.807, 2.05) is 6.92 Å². The van der Waals surface area contributed by atoms with Gasteiger partial charge >= 0.3 is 0 Å². The molecule has 39 heavy (non-hydrogen) atoms. The van der Waals surface area contributed by atoms with E-state index in [2.05, 4.69) is 10.5 Å². The highest BCUT2D eigenvalue weighted by molar-refractivity contribution is 7.89. The highest BCUT2D eigenvalue weighted by atomic mass is 35.5. The van der Waals surface area contributed by atoms with Crippen LogP contribution in [-0.4, -0.2) is 52.7 Å². The number of nitrogens with one attached hydrogen (secondary N) is 1. The second-order valence-electron chi connectivity index (χ2n) is 8.84. The molecule has 0 aliphatic rings. The monoisotopic (exact) mass is 573 g/mol. The normalized spacial score (nSPS) is 11.6. The Hall–Kier alpha value is -3.60. The molecule has 9 nitrogen and oxygen atoms in total. The maximum Gasteiger partial charge on any atom is 0.255 e. The molecule has 208 valence electrons. The number of ether oxygens (including phenoxy) is 3. The fraction of sp³-hybridized carbons (Fsp3) is 0.286. The van der Waals surface area contributed by atoms with E-state index in [4.69, 9.17) is 25.8 Å². The fourth-order valence-corrected chi connectivity index (χ4v) is 6.24. The molecule has 11 heteroatoms. The van der Waals surface area contributed by atoms with Crippen LogP contribution in [0.1, 0.15) is 27.8 Å². The smallest absolute Gasteiger partial charge is 0.255 e. The quantitative estimate of drug-likeness (QED) is 0.265. The van der Waals surface area contributed by atoms with Crippen molar-refractivity contribution in [3.63, 3.8) is 0 Å².